The second-order valence-electron chi connectivity index (χ2n) is 5.90. The maximum absolute atomic E-state index is 11.6. The molecular weight excluding hydrogens is 276 g/mol. The van der Waals surface area contributed by atoms with Crippen LogP contribution in [-0.4, -0.2) is 44.7 Å². The number of fused-ring (bicyclic) bond motifs is 1. The Hall–Kier alpha value is -1.27. The number of anilines is 1. The zero-order valence-corrected chi connectivity index (χ0v) is 12.4. The third-order valence-electron chi connectivity index (χ3n) is 3.96. The van der Waals surface area contributed by atoms with Crippen LogP contribution in [0.2, 0.25) is 0 Å². The van der Waals surface area contributed by atoms with Gasteiger partial charge in [0, 0.05) is 12.1 Å². The zero-order chi connectivity index (χ0) is 14.2. The van der Waals surface area contributed by atoms with E-state index in [0.29, 0.717) is 13.0 Å². The lowest BCUT2D eigenvalue weighted by atomic mass is 10.0. The molecule has 3 rings (SSSR count). The van der Waals surface area contributed by atoms with Gasteiger partial charge in [-0.3, -0.25) is 0 Å². The van der Waals surface area contributed by atoms with Crippen LogP contribution in [0.5, 0.6) is 5.75 Å². The Morgan fingerprint density at radius 3 is 3.00 bits per heavy atom. The third kappa shape index (κ3) is 2.91. The Bertz CT molecular complexity index is 602. The number of benzene rings is 1. The Balaban J connectivity index is 1.58. The molecule has 0 spiro atoms. The fourth-order valence-electron chi connectivity index (χ4n) is 2.78. The fraction of sp³-hybridized carbons (Fsp3) is 0.571. The van der Waals surface area contributed by atoms with Gasteiger partial charge in [0.25, 0.3) is 0 Å². The van der Waals surface area contributed by atoms with Crippen LogP contribution in [0, 0.1) is 0 Å². The minimum atomic E-state index is -2.87. The van der Waals surface area contributed by atoms with Crippen molar-refractivity contribution in [3.05, 3.63) is 24.3 Å². The average molecular weight is 296 g/mol. The van der Waals surface area contributed by atoms with Crippen molar-refractivity contribution in [1.29, 1.82) is 0 Å². The van der Waals surface area contributed by atoms with Gasteiger partial charge in [0.15, 0.2) is 9.84 Å². The van der Waals surface area contributed by atoms with Gasteiger partial charge in [0.05, 0.1) is 23.7 Å². The summed E-state index contributed by atoms with van der Waals surface area (Å²) in [5, 5.41) is 6.70. The van der Waals surface area contributed by atoms with Gasteiger partial charge in [0.1, 0.15) is 11.9 Å². The van der Waals surface area contributed by atoms with Gasteiger partial charge < -0.3 is 15.4 Å². The van der Waals surface area contributed by atoms with E-state index in [0.717, 1.165) is 18.0 Å². The van der Waals surface area contributed by atoms with Crippen LogP contribution in [0.4, 0.5) is 5.69 Å². The van der Waals surface area contributed by atoms with Crippen LogP contribution < -0.4 is 15.4 Å². The molecule has 0 radical (unpaired) electrons. The number of hydrogen-bond donors (Lipinski definition) is 2. The van der Waals surface area contributed by atoms with Gasteiger partial charge in [-0.25, -0.2) is 8.42 Å². The molecule has 2 unspecified atom stereocenters. The first kappa shape index (κ1) is 13.7. The minimum absolute atomic E-state index is 0.0185. The van der Waals surface area contributed by atoms with Crippen LogP contribution >= 0.6 is 0 Å². The Morgan fingerprint density at radius 1 is 1.45 bits per heavy atom. The molecular formula is C14H20N2O3S. The molecule has 1 fully saturated rings. The van der Waals surface area contributed by atoms with E-state index in [2.05, 4.69) is 10.6 Å². The van der Waals surface area contributed by atoms with Crippen molar-refractivity contribution in [1.82, 2.24) is 5.32 Å². The first-order chi connectivity index (χ1) is 9.46. The fourth-order valence-corrected chi connectivity index (χ4v) is 4.91. The molecule has 6 heteroatoms. The van der Waals surface area contributed by atoms with Gasteiger partial charge in [-0.1, -0.05) is 12.1 Å². The van der Waals surface area contributed by atoms with Crippen molar-refractivity contribution in [3.8, 4) is 5.75 Å². The predicted octanol–water partition coefficient (Wildman–Crippen LogP) is 1.03. The normalized spacial score (nSPS) is 31.1. The maximum atomic E-state index is 11.6. The van der Waals surface area contributed by atoms with Crippen molar-refractivity contribution < 1.29 is 13.2 Å². The first-order valence-corrected chi connectivity index (χ1v) is 8.73. The standard InChI is InChI=1S/C14H20N2O3S/c1-14(6-7-20(17,18)10-14)16-9-11-8-15-12-4-2-3-5-13(12)19-11/h2-5,11,15-16H,6-10H2,1H3. The van der Waals surface area contributed by atoms with Gasteiger partial charge in [-0.2, -0.15) is 0 Å². The molecule has 0 aromatic heterocycles. The van der Waals surface area contributed by atoms with E-state index in [9.17, 15) is 8.42 Å². The van der Waals surface area contributed by atoms with Gasteiger partial charge in [0.2, 0.25) is 0 Å². The lowest BCUT2D eigenvalue weighted by molar-refractivity contribution is 0.187. The summed E-state index contributed by atoms with van der Waals surface area (Å²) >= 11 is 0. The number of para-hydroxylation sites is 2. The minimum Gasteiger partial charge on any atom is -0.485 e. The van der Waals surface area contributed by atoms with Gasteiger partial charge in [-0.05, 0) is 25.5 Å². The topological polar surface area (TPSA) is 67.4 Å². The lowest BCUT2D eigenvalue weighted by Crippen LogP contribution is -2.50. The van der Waals surface area contributed by atoms with Crippen molar-refractivity contribution in [2.75, 3.05) is 29.9 Å². The Morgan fingerprint density at radius 2 is 2.25 bits per heavy atom. The maximum Gasteiger partial charge on any atom is 0.152 e. The Labute approximate surface area is 119 Å². The molecule has 2 heterocycles. The van der Waals surface area contributed by atoms with Crippen molar-refractivity contribution >= 4 is 15.5 Å². The van der Waals surface area contributed by atoms with Gasteiger partial charge in [-0.15, -0.1) is 0 Å². The molecule has 0 saturated carbocycles. The molecule has 110 valence electrons. The highest BCUT2D eigenvalue weighted by atomic mass is 32.2. The number of rotatable bonds is 3. The summed E-state index contributed by atoms with van der Waals surface area (Å²) in [4.78, 5) is 0. The Kier molecular flexibility index (Phi) is 3.38. The molecule has 1 aromatic carbocycles. The van der Waals surface area contributed by atoms with Crippen molar-refractivity contribution in [3.63, 3.8) is 0 Å². The molecule has 2 atom stereocenters. The van der Waals surface area contributed by atoms with Crippen LogP contribution in [0.1, 0.15) is 13.3 Å². The molecule has 20 heavy (non-hydrogen) atoms. The van der Waals surface area contributed by atoms with E-state index in [4.69, 9.17) is 4.74 Å². The van der Waals surface area contributed by atoms with E-state index in [1.54, 1.807) is 0 Å². The van der Waals surface area contributed by atoms with Crippen LogP contribution in [0.25, 0.3) is 0 Å². The largest absolute Gasteiger partial charge is 0.485 e. The lowest BCUT2D eigenvalue weighted by Gasteiger charge is -2.31. The molecule has 2 N–H and O–H groups in total. The molecule has 0 aliphatic carbocycles. The summed E-state index contributed by atoms with van der Waals surface area (Å²) in [6.07, 6.45) is 0.691. The average Bonchev–Trinajstić information content (AvgIpc) is 2.71. The number of hydrogen-bond acceptors (Lipinski definition) is 5. The summed E-state index contributed by atoms with van der Waals surface area (Å²) in [5.74, 6) is 1.36. The smallest absolute Gasteiger partial charge is 0.152 e. The monoisotopic (exact) mass is 296 g/mol. The van der Waals surface area contributed by atoms with E-state index in [1.807, 2.05) is 31.2 Å². The van der Waals surface area contributed by atoms with E-state index >= 15 is 0 Å². The van der Waals surface area contributed by atoms with Gasteiger partial charge >= 0.3 is 0 Å². The highest BCUT2D eigenvalue weighted by Gasteiger charge is 2.38. The summed E-state index contributed by atoms with van der Waals surface area (Å²) in [6.45, 7) is 3.35. The summed E-state index contributed by atoms with van der Waals surface area (Å²) in [7, 11) is -2.87. The third-order valence-corrected chi connectivity index (χ3v) is 5.86. The second kappa shape index (κ2) is 4.93. The number of nitrogens with one attached hydrogen (secondary N) is 2. The summed E-state index contributed by atoms with van der Waals surface area (Å²) in [5.41, 5.74) is 0.692. The molecule has 2 aliphatic heterocycles. The zero-order valence-electron chi connectivity index (χ0n) is 11.6. The second-order valence-corrected chi connectivity index (χ2v) is 8.08. The highest BCUT2D eigenvalue weighted by molar-refractivity contribution is 7.91. The van der Waals surface area contributed by atoms with E-state index in [1.165, 1.54) is 0 Å². The molecule has 0 amide bonds. The molecule has 2 aliphatic rings. The van der Waals surface area contributed by atoms with E-state index in [-0.39, 0.29) is 23.1 Å². The molecule has 1 saturated heterocycles. The molecule has 5 nitrogen and oxygen atoms in total. The van der Waals surface area contributed by atoms with Crippen LogP contribution in [0.15, 0.2) is 24.3 Å². The van der Waals surface area contributed by atoms with Crippen LogP contribution in [0.3, 0.4) is 0 Å². The molecule has 1 aromatic rings. The summed E-state index contributed by atoms with van der Waals surface area (Å²) < 4.78 is 29.1. The predicted molar refractivity (Wildman–Crippen MR) is 79.0 cm³/mol. The number of ether oxygens (including phenoxy) is 1. The highest BCUT2D eigenvalue weighted by Crippen LogP contribution is 2.28. The van der Waals surface area contributed by atoms with Crippen molar-refractivity contribution in [2.45, 2.75) is 25.0 Å². The van der Waals surface area contributed by atoms with Crippen LogP contribution in [-0.2, 0) is 9.84 Å². The SMILES string of the molecule is CC1(NCC2CNc3ccccc3O2)CCS(=O)(=O)C1. The summed E-state index contributed by atoms with van der Waals surface area (Å²) in [6, 6.07) is 7.85. The van der Waals surface area contributed by atoms with E-state index < -0.39 is 9.84 Å². The number of sulfone groups is 1. The van der Waals surface area contributed by atoms with Crippen molar-refractivity contribution in [2.24, 2.45) is 0 Å². The quantitative estimate of drug-likeness (QED) is 0.872. The first-order valence-electron chi connectivity index (χ1n) is 6.91. The molecule has 0 bridgehead atoms.